The lowest BCUT2D eigenvalue weighted by atomic mass is 9.91. The number of esters is 2. The van der Waals surface area contributed by atoms with Crippen LogP contribution in [-0.4, -0.2) is 36.0 Å². The third kappa shape index (κ3) is 7.39. The van der Waals surface area contributed by atoms with Crippen LogP contribution in [0.25, 0.3) is 5.57 Å². The van der Waals surface area contributed by atoms with Crippen molar-refractivity contribution in [3.63, 3.8) is 0 Å². The Bertz CT molecular complexity index is 1390. The summed E-state index contributed by atoms with van der Waals surface area (Å²) in [6, 6.07) is 16.2. The Hall–Kier alpha value is -4.46. The quantitative estimate of drug-likeness (QED) is 0.221. The molecule has 0 unspecified atom stereocenters. The van der Waals surface area contributed by atoms with E-state index in [1.807, 2.05) is 76.2 Å². The minimum Gasteiger partial charge on any atom is -0.493 e. The molecule has 0 radical (unpaired) electrons. The van der Waals surface area contributed by atoms with Gasteiger partial charge in [-0.25, -0.2) is 9.78 Å². The predicted molar refractivity (Wildman–Crippen MR) is 158 cm³/mol. The molecule has 0 saturated heterocycles. The first kappa shape index (κ1) is 31.1. The van der Waals surface area contributed by atoms with E-state index in [1.54, 1.807) is 6.92 Å². The lowest BCUT2D eigenvalue weighted by Gasteiger charge is -2.19. The van der Waals surface area contributed by atoms with E-state index in [1.165, 1.54) is 26.3 Å². The fourth-order valence-corrected chi connectivity index (χ4v) is 4.50. The number of allylic oxidation sites excluding steroid dienone is 1. The number of aromatic nitrogens is 1. The van der Waals surface area contributed by atoms with Crippen LogP contribution in [0.4, 0.5) is 0 Å². The van der Waals surface area contributed by atoms with Crippen LogP contribution in [0, 0.1) is 19.8 Å². The fourth-order valence-electron chi connectivity index (χ4n) is 4.50. The van der Waals surface area contributed by atoms with Gasteiger partial charge in [0.2, 0.25) is 5.75 Å². The summed E-state index contributed by atoms with van der Waals surface area (Å²) in [6.07, 6.45) is 2.54. The molecule has 1 aromatic heterocycles. The predicted octanol–water partition coefficient (Wildman–Crippen LogP) is 6.19. The summed E-state index contributed by atoms with van der Waals surface area (Å²) in [6.45, 7) is 11.0. The van der Waals surface area contributed by atoms with E-state index < -0.39 is 23.9 Å². The van der Waals surface area contributed by atoms with Gasteiger partial charge in [-0.3, -0.25) is 9.59 Å². The normalized spacial score (nSPS) is 11.4. The van der Waals surface area contributed by atoms with E-state index >= 15 is 0 Å². The monoisotopic (exact) mass is 558 g/mol. The number of rotatable bonds is 11. The summed E-state index contributed by atoms with van der Waals surface area (Å²) < 4.78 is 16.7. The molecule has 0 aliphatic rings. The van der Waals surface area contributed by atoms with Crippen LogP contribution in [0.5, 0.6) is 11.5 Å². The molecule has 0 fully saturated rings. The highest BCUT2D eigenvalue weighted by molar-refractivity contribution is 5.99. The number of carbonyl (C=O) groups excluding carboxylic acids is 3. The molecule has 0 aliphatic heterocycles. The maximum atomic E-state index is 13.3. The third-order valence-electron chi connectivity index (χ3n) is 6.96. The molecule has 1 heterocycles. The second-order valence-corrected chi connectivity index (χ2v) is 9.80. The van der Waals surface area contributed by atoms with Crippen molar-refractivity contribution in [3.05, 3.63) is 94.5 Å². The number of nitrogens with one attached hydrogen (secondary N) is 1. The van der Waals surface area contributed by atoms with Crippen molar-refractivity contribution in [3.8, 4) is 11.5 Å². The number of carbonyl (C=O) groups is 3. The van der Waals surface area contributed by atoms with E-state index in [0.717, 1.165) is 27.8 Å². The minimum absolute atomic E-state index is 0.0950. The van der Waals surface area contributed by atoms with Gasteiger partial charge in [-0.1, -0.05) is 62.4 Å². The van der Waals surface area contributed by atoms with Gasteiger partial charge in [0, 0.05) is 17.8 Å². The van der Waals surface area contributed by atoms with E-state index in [4.69, 9.17) is 14.2 Å². The van der Waals surface area contributed by atoms with Gasteiger partial charge in [-0.05, 0) is 62.8 Å². The van der Waals surface area contributed by atoms with Crippen molar-refractivity contribution in [2.24, 2.45) is 5.92 Å². The summed E-state index contributed by atoms with van der Waals surface area (Å²) >= 11 is 0. The zero-order valence-corrected chi connectivity index (χ0v) is 24.7. The largest absolute Gasteiger partial charge is 0.493 e. The number of aryl methyl sites for hydroxylation is 2. The number of nitrogens with zero attached hydrogens (tertiary/aromatic N) is 1. The van der Waals surface area contributed by atoms with Crippen LogP contribution in [0.15, 0.2) is 66.6 Å². The molecular formula is C33H38N2O6. The number of ether oxygens (including phenoxy) is 3. The van der Waals surface area contributed by atoms with Crippen LogP contribution < -0.4 is 14.8 Å². The van der Waals surface area contributed by atoms with E-state index in [2.05, 4.69) is 10.3 Å². The summed E-state index contributed by atoms with van der Waals surface area (Å²) in [5, 5.41) is 2.62. The molecular weight excluding hydrogens is 520 g/mol. The molecule has 0 saturated carbocycles. The smallest absolute Gasteiger partial charge is 0.333 e. The summed E-state index contributed by atoms with van der Waals surface area (Å²) in [5.74, 6) is -1.70. The Morgan fingerprint density at radius 2 is 1.44 bits per heavy atom. The molecule has 8 nitrogen and oxygen atoms in total. The Balaban J connectivity index is 1.88. The highest BCUT2D eigenvalue weighted by atomic mass is 16.6. The van der Waals surface area contributed by atoms with Gasteiger partial charge in [0.15, 0.2) is 11.4 Å². The zero-order chi connectivity index (χ0) is 30.1. The topological polar surface area (TPSA) is 104 Å². The fraction of sp³-hybridized carbons (Fsp3) is 0.333. The van der Waals surface area contributed by atoms with Crippen LogP contribution in [0.2, 0.25) is 0 Å². The molecule has 2 aromatic carbocycles. The summed E-state index contributed by atoms with van der Waals surface area (Å²) in [4.78, 5) is 43.3. The summed E-state index contributed by atoms with van der Waals surface area (Å²) in [7, 11) is 1.40. The van der Waals surface area contributed by atoms with Gasteiger partial charge in [0.25, 0.3) is 5.91 Å². The Labute approximate surface area is 241 Å². The Kier molecular flexibility index (Phi) is 10.8. The molecule has 1 atom stereocenters. The van der Waals surface area contributed by atoms with E-state index in [0.29, 0.717) is 18.6 Å². The van der Waals surface area contributed by atoms with Crippen molar-refractivity contribution in [2.75, 3.05) is 7.11 Å². The van der Waals surface area contributed by atoms with Gasteiger partial charge >= 0.3 is 11.9 Å². The van der Waals surface area contributed by atoms with Crippen LogP contribution in [-0.2, 0) is 14.3 Å². The third-order valence-corrected chi connectivity index (χ3v) is 6.96. The molecule has 0 aliphatic carbocycles. The van der Waals surface area contributed by atoms with Crippen LogP contribution >= 0.6 is 0 Å². The number of pyridine rings is 1. The average molecular weight is 559 g/mol. The number of benzene rings is 2. The van der Waals surface area contributed by atoms with Crippen molar-refractivity contribution in [1.29, 1.82) is 0 Å². The number of methoxy groups -OCH3 is 1. The van der Waals surface area contributed by atoms with Crippen LogP contribution in [0.1, 0.15) is 73.3 Å². The van der Waals surface area contributed by atoms with Crippen molar-refractivity contribution in [1.82, 2.24) is 10.3 Å². The zero-order valence-electron chi connectivity index (χ0n) is 24.7. The van der Waals surface area contributed by atoms with Gasteiger partial charge in [-0.2, -0.15) is 0 Å². The van der Waals surface area contributed by atoms with Crippen molar-refractivity contribution < 1.29 is 28.6 Å². The highest BCUT2D eigenvalue weighted by Crippen LogP contribution is 2.33. The molecule has 1 N–H and O–H groups in total. The molecule has 3 rings (SSSR count). The van der Waals surface area contributed by atoms with E-state index in [9.17, 15) is 14.4 Å². The maximum absolute atomic E-state index is 13.3. The molecule has 41 heavy (non-hydrogen) atoms. The highest BCUT2D eigenvalue weighted by Gasteiger charge is 2.27. The van der Waals surface area contributed by atoms with Gasteiger partial charge in [0.1, 0.15) is 11.8 Å². The SMILES string of the molecule is CCC(CC)C(=O)Oc1c(OC)ccnc1C(=O)N[C@@H](C)C(=O)OC(C)=C(c1ccccc1C)c1ccccc1C. The Morgan fingerprint density at radius 1 is 0.878 bits per heavy atom. The standard InChI is InChI=1S/C33H38N2O6/c1-8-24(9-2)33(38)41-30-27(39-7)18-19-34-29(30)31(36)35-22(5)32(37)40-23(6)28(25-16-12-10-14-20(25)3)26-17-13-11-15-21(26)4/h10-19,22,24H,8-9H2,1-7H3,(H,35,36)/t22-/m0/s1. The first-order valence-corrected chi connectivity index (χ1v) is 13.7. The average Bonchev–Trinajstić information content (AvgIpc) is 2.95. The molecule has 0 spiro atoms. The Morgan fingerprint density at radius 3 is 1.95 bits per heavy atom. The molecule has 0 bridgehead atoms. The van der Waals surface area contributed by atoms with Crippen LogP contribution in [0.3, 0.4) is 0 Å². The first-order chi connectivity index (χ1) is 19.6. The lowest BCUT2D eigenvalue weighted by molar-refractivity contribution is -0.141. The number of hydrogen-bond donors (Lipinski definition) is 1. The number of hydrogen-bond acceptors (Lipinski definition) is 7. The molecule has 1 amide bonds. The second-order valence-electron chi connectivity index (χ2n) is 9.80. The lowest BCUT2D eigenvalue weighted by Crippen LogP contribution is -2.40. The van der Waals surface area contributed by atoms with Gasteiger partial charge < -0.3 is 19.5 Å². The van der Waals surface area contributed by atoms with Crippen molar-refractivity contribution in [2.45, 2.75) is 60.4 Å². The number of amides is 1. The minimum atomic E-state index is -1.04. The maximum Gasteiger partial charge on any atom is 0.333 e. The molecule has 8 heteroatoms. The molecule has 3 aromatic rings. The summed E-state index contributed by atoms with van der Waals surface area (Å²) in [5.41, 5.74) is 4.56. The first-order valence-electron chi connectivity index (χ1n) is 13.7. The van der Waals surface area contributed by atoms with Crippen molar-refractivity contribution >= 4 is 23.4 Å². The van der Waals surface area contributed by atoms with Gasteiger partial charge in [0.05, 0.1) is 13.0 Å². The van der Waals surface area contributed by atoms with E-state index in [-0.39, 0.29) is 23.1 Å². The second kappa shape index (κ2) is 14.3. The molecule has 216 valence electrons. The van der Waals surface area contributed by atoms with Gasteiger partial charge in [-0.15, -0.1) is 0 Å².